The molecule has 0 rings (SSSR count). The normalized spacial score (nSPS) is 0. The van der Waals surface area contributed by atoms with Crippen LogP contribution in [-0.4, -0.2) is 302 Å². The Hall–Kier alpha value is 11.1. The van der Waals surface area contributed by atoms with Crippen LogP contribution in [0.2, 0.25) is 0 Å². The molecule has 0 unspecified atom stereocenters. The Morgan fingerprint density at radius 1 is 0.200 bits per heavy atom. The molecule has 0 aromatic heterocycles. The van der Waals surface area contributed by atoms with Gasteiger partial charge in [-0.25, -0.2) is 0 Å². The van der Waals surface area contributed by atoms with E-state index in [2.05, 4.69) is 0 Å². The van der Waals surface area contributed by atoms with Gasteiger partial charge in [-0.3, -0.25) is 0 Å². The molecule has 0 N–H and O–H groups in total. The molecule has 10 heteroatoms. The fourth-order valence-electron chi connectivity index (χ4n) is 0. The van der Waals surface area contributed by atoms with E-state index in [9.17, 15) is 0 Å². The van der Waals surface area contributed by atoms with Gasteiger partial charge in [-0.1, -0.05) is 0 Å². The Bertz CT molecular complexity index is 7.22. The molecule has 0 nitrogen and oxygen atoms in total. The molecule has 10 heavy (non-hydrogen) atoms. The Balaban J connectivity index is 0. The van der Waals surface area contributed by atoms with E-state index in [4.69, 9.17) is 0 Å². The molecule has 0 aliphatic carbocycles. The van der Waals surface area contributed by atoms with E-state index in [1.54, 1.807) is 0 Å². The van der Waals surface area contributed by atoms with Gasteiger partial charge in [0, 0.05) is 34.1 Å². The predicted octanol–water partition coefficient (Wildman–Crippen LogP) is -7.33. The molecule has 0 aromatic carbocycles. The molecule has 0 radical (unpaired) electrons. The monoisotopic (exact) mass is 448 g/mol. The van der Waals surface area contributed by atoms with Crippen LogP contribution < -0.4 is 0 Å². The molecule has 0 atom stereocenters. The molecular weight excluding hydrogens is 432 g/mol. The minimum Gasteiger partial charge on any atom is 0 e. The van der Waals surface area contributed by atoms with Gasteiger partial charge < -0.3 is 0 Å². The van der Waals surface area contributed by atoms with Crippen molar-refractivity contribution in [3.63, 3.8) is 0 Å². The molecule has 48 valence electrons. The first-order valence-corrected chi connectivity index (χ1v) is 0. The van der Waals surface area contributed by atoms with Gasteiger partial charge in [0.2, 0.25) is 0 Å². The molecule has 0 saturated carbocycles. The molecule has 0 saturated heterocycles. The van der Waals surface area contributed by atoms with Crippen LogP contribution in [0.15, 0.2) is 0 Å². The van der Waals surface area contributed by atoms with Crippen LogP contribution in [0.1, 0.15) is 0 Å². The fourth-order valence-corrected chi connectivity index (χ4v) is 0. The van der Waals surface area contributed by atoms with Crippen LogP contribution in [0.4, 0.5) is 0 Å². The molecule has 0 amide bonds. The summed E-state index contributed by atoms with van der Waals surface area (Å²) in [4.78, 5) is 0. The molecule has 0 heterocycles. The van der Waals surface area contributed by atoms with Crippen LogP contribution in [0, 0.1) is 0 Å². The third kappa shape index (κ3) is 50.8. The van der Waals surface area contributed by atoms with Gasteiger partial charge in [0.1, 0.15) is 0 Å². The van der Waals surface area contributed by atoms with Gasteiger partial charge >= 0.3 is 302 Å². The quantitative estimate of drug-likeness (QED) is 0.323. The summed E-state index contributed by atoms with van der Waals surface area (Å²) in [5.74, 6) is 0. The summed E-state index contributed by atoms with van der Waals surface area (Å²) in [6, 6.07) is 0. The first-order chi connectivity index (χ1) is 0. The first kappa shape index (κ1) is 69.1. The van der Waals surface area contributed by atoms with Crippen LogP contribution >= 0.6 is 0 Å². The summed E-state index contributed by atoms with van der Waals surface area (Å²) in [5.41, 5.74) is 0. The van der Waals surface area contributed by atoms with E-state index in [0.717, 1.165) is 0 Å². The van der Waals surface area contributed by atoms with E-state index < -0.39 is 0 Å². The van der Waals surface area contributed by atoms with Crippen molar-refractivity contribution in [1.29, 1.82) is 0 Å². The standard InChI is InChI=1S/8Ca.2Fe.16H. The van der Waals surface area contributed by atoms with Gasteiger partial charge in [-0.15, -0.1) is 0 Å². The average molecular weight is 448 g/mol. The van der Waals surface area contributed by atoms with Crippen LogP contribution in [0.3, 0.4) is 0 Å². The van der Waals surface area contributed by atoms with Crippen molar-refractivity contribution in [3.8, 4) is 0 Å². The number of rotatable bonds is 0. The zero-order chi connectivity index (χ0) is 0. The van der Waals surface area contributed by atoms with Gasteiger partial charge in [0.25, 0.3) is 0 Å². The van der Waals surface area contributed by atoms with E-state index in [1.807, 2.05) is 0 Å². The zero-order valence-corrected chi connectivity index (χ0v) is 2.92. The largest absolute Gasteiger partial charge is 0 e. The maximum atomic E-state index is 0. The molecular formula is H16Ca8Fe2. The van der Waals surface area contributed by atoms with Crippen molar-refractivity contribution in [1.82, 2.24) is 0 Å². The minimum atomic E-state index is 0. The average Bonchev–Trinajstić information content (AvgIpc) is 0. The summed E-state index contributed by atoms with van der Waals surface area (Å²) >= 11 is 0. The first-order valence-electron chi connectivity index (χ1n) is 0. The van der Waals surface area contributed by atoms with Gasteiger partial charge in [0.05, 0.1) is 0 Å². The molecule has 0 aliphatic heterocycles. The number of hydrogen-bond donors (Lipinski definition) is 0. The van der Waals surface area contributed by atoms with Gasteiger partial charge in [-0.05, 0) is 0 Å². The third-order valence-corrected chi connectivity index (χ3v) is 0. The zero-order valence-electron chi connectivity index (χ0n) is 0.707. The van der Waals surface area contributed by atoms with Crippen molar-refractivity contribution >= 4 is 302 Å². The third-order valence-electron chi connectivity index (χ3n) is 0. The molecule has 0 aromatic rings. The maximum Gasteiger partial charge on any atom is 0 e. The number of hydrogen-bond acceptors (Lipinski definition) is 0. The van der Waals surface area contributed by atoms with Gasteiger partial charge in [0.15, 0.2) is 0 Å². The van der Waals surface area contributed by atoms with Crippen LogP contribution in [-0.2, 0) is 34.1 Å². The van der Waals surface area contributed by atoms with E-state index >= 15 is 0 Å². The van der Waals surface area contributed by atoms with Crippen molar-refractivity contribution in [2.75, 3.05) is 0 Å². The van der Waals surface area contributed by atoms with Crippen molar-refractivity contribution < 1.29 is 34.1 Å². The summed E-state index contributed by atoms with van der Waals surface area (Å²) in [6.07, 6.45) is 0. The van der Waals surface area contributed by atoms with E-state index in [-0.39, 0.29) is 336 Å². The molecule has 0 fully saturated rings. The van der Waals surface area contributed by atoms with Gasteiger partial charge in [-0.2, -0.15) is 0 Å². The Kier molecular flexibility index (Phi) is 411. The Morgan fingerprint density at radius 3 is 0.200 bits per heavy atom. The Labute approximate surface area is 323 Å². The van der Waals surface area contributed by atoms with Crippen LogP contribution in [0.5, 0.6) is 0 Å². The second-order valence-electron chi connectivity index (χ2n) is 0. The Morgan fingerprint density at radius 2 is 0.200 bits per heavy atom. The SMILES string of the molecule is [CaH2].[CaH2].[CaH2].[CaH2].[CaH2].[CaH2].[CaH2].[CaH2].[Fe].[Fe]. The smallest absolute Gasteiger partial charge is 0 e. The van der Waals surface area contributed by atoms with Crippen molar-refractivity contribution in [3.05, 3.63) is 0 Å². The topological polar surface area (TPSA) is 0 Å². The molecule has 0 spiro atoms. The fraction of sp³-hybridized carbons (Fsp3) is 0. The maximum absolute atomic E-state index is 0. The van der Waals surface area contributed by atoms with E-state index in [0.29, 0.717) is 0 Å². The summed E-state index contributed by atoms with van der Waals surface area (Å²) in [6.45, 7) is 0. The second-order valence-corrected chi connectivity index (χ2v) is 0. The molecule has 0 bridgehead atoms. The van der Waals surface area contributed by atoms with Crippen LogP contribution in [0.25, 0.3) is 0 Å². The van der Waals surface area contributed by atoms with Crippen molar-refractivity contribution in [2.45, 2.75) is 0 Å². The predicted molar refractivity (Wildman–Crippen MR) is 68.4 cm³/mol. The molecule has 0 aliphatic rings. The summed E-state index contributed by atoms with van der Waals surface area (Å²) < 4.78 is 0. The van der Waals surface area contributed by atoms with Crippen molar-refractivity contribution in [2.24, 2.45) is 0 Å². The minimum absolute atomic E-state index is 0. The second kappa shape index (κ2) is 59.5. The summed E-state index contributed by atoms with van der Waals surface area (Å²) in [7, 11) is 0. The van der Waals surface area contributed by atoms with E-state index in [1.165, 1.54) is 0 Å². The summed E-state index contributed by atoms with van der Waals surface area (Å²) in [5, 5.41) is 0.